The van der Waals surface area contributed by atoms with Gasteiger partial charge in [0.15, 0.2) is 35.8 Å². The van der Waals surface area contributed by atoms with Crippen molar-refractivity contribution in [2.75, 3.05) is 34.0 Å². The number of aliphatic carboxylic acids is 1. The minimum Gasteiger partial charge on any atom is -0.493 e. The highest BCUT2D eigenvalue weighted by Gasteiger charge is 2.32. The van der Waals surface area contributed by atoms with Crippen LogP contribution in [-0.2, 0) is 14.3 Å². The molecule has 226 valence electrons. The van der Waals surface area contributed by atoms with Crippen molar-refractivity contribution in [3.63, 3.8) is 0 Å². The first-order chi connectivity index (χ1) is 20.1. The first-order valence-corrected chi connectivity index (χ1v) is 13.6. The van der Waals surface area contributed by atoms with Gasteiger partial charge in [0.25, 0.3) is 0 Å². The summed E-state index contributed by atoms with van der Waals surface area (Å²) in [4.78, 5) is 35.3. The lowest BCUT2D eigenvalue weighted by Gasteiger charge is -2.28. The zero-order valence-corrected chi connectivity index (χ0v) is 25.4. The largest absolute Gasteiger partial charge is 0.493 e. The van der Waals surface area contributed by atoms with E-state index in [0.29, 0.717) is 50.0 Å². The number of nitrogens with one attached hydrogen (secondary N) is 3. The SMILES string of the molecule is CCOc1cc([C@H]2NC(=O)NC(C)=C2C(=O)OC)ccc1OC[C@H](O)N/N=C\c1cc(I)c(OCC(=O)O)c(OC)c1. The maximum Gasteiger partial charge on any atom is 0.341 e. The highest BCUT2D eigenvalue weighted by molar-refractivity contribution is 14.1. The molecule has 0 spiro atoms. The average Bonchev–Trinajstić information content (AvgIpc) is 2.94. The molecule has 2 aromatic rings. The number of urea groups is 1. The van der Waals surface area contributed by atoms with E-state index in [9.17, 15) is 19.5 Å². The molecule has 0 saturated heterocycles. The number of rotatable bonds is 14. The van der Waals surface area contributed by atoms with Crippen LogP contribution in [0, 0.1) is 3.57 Å². The molecule has 2 amide bonds. The van der Waals surface area contributed by atoms with Crippen LogP contribution in [0.3, 0.4) is 0 Å². The van der Waals surface area contributed by atoms with Gasteiger partial charge < -0.3 is 44.5 Å². The van der Waals surface area contributed by atoms with Crippen molar-refractivity contribution in [3.05, 3.63) is 56.3 Å². The third-order valence-corrected chi connectivity index (χ3v) is 6.50. The average molecular weight is 698 g/mol. The van der Waals surface area contributed by atoms with Crippen molar-refractivity contribution in [3.8, 4) is 23.0 Å². The Morgan fingerprint density at radius 3 is 2.57 bits per heavy atom. The molecule has 1 aliphatic heterocycles. The van der Waals surface area contributed by atoms with Crippen molar-refractivity contribution in [1.82, 2.24) is 16.1 Å². The Bertz CT molecular complexity index is 1380. The van der Waals surface area contributed by atoms with E-state index >= 15 is 0 Å². The number of esters is 1. The Morgan fingerprint density at radius 1 is 1.14 bits per heavy atom. The van der Waals surface area contributed by atoms with Gasteiger partial charge in [0.2, 0.25) is 0 Å². The second-order valence-electron chi connectivity index (χ2n) is 8.63. The van der Waals surface area contributed by atoms with E-state index in [1.807, 2.05) is 22.6 Å². The third kappa shape index (κ3) is 8.39. The molecule has 0 bridgehead atoms. The maximum atomic E-state index is 12.4. The van der Waals surface area contributed by atoms with E-state index in [1.165, 1.54) is 20.4 Å². The molecule has 2 atom stereocenters. The summed E-state index contributed by atoms with van der Waals surface area (Å²) in [7, 11) is 2.69. The number of carbonyl (C=O) groups excluding carboxylic acids is 2. The molecule has 5 N–H and O–H groups in total. The predicted octanol–water partition coefficient (Wildman–Crippen LogP) is 2.28. The lowest BCUT2D eigenvalue weighted by molar-refractivity contribution is -0.139. The van der Waals surface area contributed by atoms with E-state index in [-0.39, 0.29) is 12.2 Å². The highest BCUT2D eigenvalue weighted by atomic mass is 127. The molecule has 0 radical (unpaired) electrons. The molecular formula is C27H31IN4O10. The fourth-order valence-corrected chi connectivity index (χ4v) is 4.69. The Labute approximate surface area is 255 Å². The van der Waals surface area contributed by atoms with Gasteiger partial charge in [-0.2, -0.15) is 5.10 Å². The molecule has 2 aromatic carbocycles. The van der Waals surface area contributed by atoms with Crippen molar-refractivity contribution in [1.29, 1.82) is 0 Å². The Morgan fingerprint density at radius 2 is 1.90 bits per heavy atom. The minimum absolute atomic E-state index is 0.198. The van der Waals surface area contributed by atoms with Crippen molar-refractivity contribution in [2.24, 2.45) is 5.10 Å². The lowest BCUT2D eigenvalue weighted by atomic mass is 9.95. The van der Waals surface area contributed by atoms with Gasteiger partial charge in [0.1, 0.15) is 6.61 Å². The number of halogens is 1. The van der Waals surface area contributed by atoms with E-state index < -0.39 is 36.8 Å². The van der Waals surface area contributed by atoms with Crippen LogP contribution in [0.4, 0.5) is 4.79 Å². The smallest absolute Gasteiger partial charge is 0.341 e. The van der Waals surface area contributed by atoms with Crippen LogP contribution >= 0.6 is 22.6 Å². The molecule has 14 nitrogen and oxygen atoms in total. The summed E-state index contributed by atoms with van der Waals surface area (Å²) in [5, 5.41) is 28.5. The van der Waals surface area contributed by atoms with Gasteiger partial charge >= 0.3 is 18.0 Å². The van der Waals surface area contributed by atoms with Crippen LogP contribution in [0.1, 0.15) is 31.0 Å². The van der Waals surface area contributed by atoms with Gasteiger partial charge in [-0.05, 0) is 71.8 Å². The summed E-state index contributed by atoms with van der Waals surface area (Å²) in [6.07, 6.45) is 0.242. The molecule has 0 saturated carbocycles. The van der Waals surface area contributed by atoms with E-state index in [4.69, 9.17) is 28.8 Å². The zero-order chi connectivity index (χ0) is 30.8. The molecule has 1 heterocycles. The number of aliphatic hydroxyl groups excluding tert-OH is 1. The van der Waals surface area contributed by atoms with E-state index in [0.717, 1.165) is 0 Å². The molecular weight excluding hydrogens is 667 g/mol. The highest BCUT2D eigenvalue weighted by Crippen LogP contribution is 2.35. The minimum atomic E-state index is -1.20. The van der Waals surface area contributed by atoms with Crippen LogP contribution in [0.25, 0.3) is 0 Å². The van der Waals surface area contributed by atoms with Crippen LogP contribution in [0.5, 0.6) is 23.0 Å². The van der Waals surface area contributed by atoms with Gasteiger partial charge in [-0.3, -0.25) is 5.43 Å². The molecule has 1 aliphatic rings. The monoisotopic (exact) mass is 698 g/mol. The number of carbonyl (C=O) groups is 3. The fraction of sp³-hybridized carbons (Fsp3) is 0.333. The molecule has 0 aliphatic carbocycles. The number of amides is 2. The normalized spacial score (nSPS) is 15.4. The zero-order valence-electron chi connectivity index (χ0n) is 23.2. The number of carboxylic acid groups (broad SMARTS) is 1. The van der Waals surface area contributed by atoms with Crippen LogP contribution in [-0.4, -0.2) is 74.7 Å². The first kappa shape index (κ1) is 32.3. The van der Waals surface area contributed by atoms with Gasteiger partial charge in [0.05, 0.1) is 42.2 Å². The Hall–Kier alpha value is -4.25. The number of ether oxygens (including phenoxy) is 5. The van der Waals surface area contributed by atoms with Gasteiger partial charge in [-0.25, -0.2) is 14.4 Å². The number of methoxy groups -OCH3 is 2. The lowest BCUT2D eigenvalue weighted by Crippen LogP contribution is -2.45. The molecule has 0 fully saturated rings. The number of nitrogens with zero attached hydrogens (tertiary/aromatic N) is 1. The number of hydrogen-bond acceptors (Lipinski definition) is 11. The van der Waals surface area contributed by atoms with Crippen LogP contribution in [0.2, 0.25) is 0 Å². The Balaban J connectivity index is 1.68. The summed E-state index contributed by atoms with van der Waals surface area (Å²) in [6.45, 7) is 3.00. The third-order valence-electron chi connectivity index (χ3n) is 5.70. The fourth-order valence-electron chi connectivity index (χ4n) is 3.91. The maximum absolute atomic E-state index is 12.4. The van der Waals surface area contributed by atoms with E-state index in [1.54, 1.807) is 44.2 Å². The molecule has 15 heteroatoms. The van der Waals surface area contributed by atoms with Crippen LogP contribution < -0.4 is 35.0 Å². The number of aliphatic hydroxyl groups is 1. The predicted molar refractivity (Wildman–Crippen MR) is 158 cm³/mol. The van der Waals surface area contributed by atoms with Gasteiger partial charge in [-0.1, -0.05) is 6.07 Å². The molecule has 0 aromatic heterocycles. The first-order valence-electron chi connectivity index (χ1n) is 12.5. The number of allylic oxidation sites excluding steroid dienone is 1. The molecule has 0 unspecified atom stereocenters. The second-order valence-corrected chi connectivity index (χ2v) is 9.79. The summed E-state index contributed by atoms with van der Waals surface area (Å²) >= 11 is 1.99. The quantitative estimate of drug-likeness (QED) is 0.0641. The number of carboxylic acids is 1. The van der Waals surface area contributed by atoms with E-state index in [2.05, 4.69) is 21.2 Å². The number of hydrazone groups is 1. The van der Waals surface area contributed by atoms with Gasteiger partial charge in [-0.15, -0.1) is 0 Å². The summed E-state index contributed by atoms with van der Waals surface area (Å²) in [6, 6.07) is 6.99. The van der Waals surface area contributed by atoms with Gasteiger partial charge in [0, 0.05) is 5.70 Å². The number of hydrogen-bond donors (Lipinski definition) is 5. The molecule has 42 heavy (non-hydrogen) atoms. The summed E-state index contributed by atoms with van der Waals surface area (Å²) in [5.41, 5.74) is 4.35. The van der Waals surface area contributed by atoms with Crippen molar-refractivity contribution in [2.45, 2.75) is 26.1 Å². The molecule has 3 rings (SSSR count). The standard InChI is InChI=1S/C27H31IN4O10/c1-5-40-19-10-16(24-23(26(36)39-4)14(2)30-27(37)31-24)6-7-18(19)41-12-21(33)32-29-11-15-8-17(28)25(20(9-15)38-3)42-13-22(34)35/h6-11,21,24,32-33H,5,12-13H2,1-4H3,(H,34,35)(H2,30,31,37)/b29-11-/t21-,24+/m0/s1. The summed E-state index contributed by atoms with van der Waals surface area (Å²) < 4.78 is 27.5. The topological polar surface area (TPSA) is 186 Å². The summed E-state index contributed by atoms with van der Waals surface area (Å²) in [5.74, 6) is -0.416. The Kier molecular flexibility index (Phi) is 11.6. The second kappa shape index (κ2) is 15.1. The van der Waals surface area contributed by atoms with Crippen molar-refractivity contribution < 1.29 is 48.3 Å². The number of benzene rings is 2. The van der Waals surface area contributed by atoms with Crippen LogP contribution in [0.15, 0.2) is 46.7 Å². The van der Waals surface area contributed by atoms with Crippen molar-refractivity contribution >= 4 is 46.8 Å².